The van der Waals surface area contributed by atoms with Crippen LogP contribution in [0.15, 0.2) is 23.4 Å². The highest BCUT2D eigenvalue weighted by atomic mass is 32.2. The summed E-state index contributed by atoms with van der Waals surface area (Å²) in [5.74, 6) is 0.481. The summed E-state index contributed by atoms with van der Waals surface area (Å²) >= 11 is 1.57. The van der Waals surface area contributed by atoms with E-state index in [1.807, 2.05) is 0 Å². The van der Waals surface area contributed by atoms with Crippen molar-refractivity contribution in [3.05, 3.63) is 23.9 Å². The summed E-state index contributed by atoms with van der Waals surface area (Å²) in [6.07, 6.45) is 1.68. The number of aromatic nitrogens is 1. The molecule has 1 amide bonds. The Labute approximate surface area is 111 Å². The van der Waals surface area contributed by atoms with E-state index < -0.39 is 5.91 Å². The second-order valence-electron chi connectivity index (χ2n) is 4.02. The quantitative estimate of drug-likeness (QED) is 0.791. The van der Waals surface area contributed by atoms with E-state index >= 15 is 0 Å². The zero-order chi connectivity index (χ0) is 12.8. The Balaban J connectivity index is 1.84. The number of amides is 1. The molecule has 1 aromatic heterocycles. The number of hydrogen-bond donors (Lipinski definition) is 1. The zero-order valence-corrected chi connectivity index (χ0v) is 11.0. The number of carbonyl (C=O) groups is 1. The number of hydrogen-bond acceptors (Lipinski definition) is 5. The van der Waals surface area contributed by atoms with Crippen LogP contribution in [0.25, 0.3) is 0 Å². The number of thioether (sulfide) groups is 1. The van der Waals surface area contributed by atoms with Crippen molar-refractivity contribution >= 4 is 17.7 Å². The van der Waals surface area contributed by atoms with Crippen LogP contribution in [0, 0.1) is 0 Å². The second kappa shape index (κ2) is 6.72. The molecule has 0 radical (unpaired) electrons. The van der Waals surface area contributed by atoms with Crippen LogP contribution in [0.3, 0.4) is 0 Å². The zero-order valence-electron chi connectivity index (χ0n) is 10.2. The van der Waals surface area contributed by atoms with Crippen molar-refractivity contribution in [3.8, 4) is 0 Å². The normalized spacial score (nSPS) is 16.7. The summed E-state index contributed by atoms with van der Waals surface area (Å²) in [6.45, 7) is 4.54. The number of carbonyl (C=O) groups excluding carboxylic acids is 1. The third-order valence-corrected chi connectivity index (χ3v) is 3.77. The highest BCUT2D eigenvalue weighted by molar-refractivity contribution is 7.99. The van der Waals surface area contributed by atoms with Gasteiger partial charge in [-0.2, -0.15) is 0 Å². The lowest BCUT2D eigenvalue weighted by molar-refractivity contribution is 0.0410. The van der Waals surface area contributed by atoms with Gasteiger partial charge < -0.3 is 10.5 Å². The molecule has 1 aromatic rings. The van der Waals surface area contributed by atoms with Gasteiger partial charge in [-0.15, -0.1) is 11.8 Å². The smallest absolute Gasteiger partial charge is 0.251 e. The first-order valence-electron chi connectivity index (χ1n) is 5.95. The molecule has 0 aromatic carbocycles. The predicted octanol–water partition coefficient (Wildman–Crippen LogP) is 0.605. The Bertz CT molecular complexity index is 408. The van der Waals surface area contributed by atoms with Gasteiger partial charge in [0.05, 0.1) is 18.8 Å². The SMILES string of the molecule is NC(=O)c1cccnc1SCCN1CCOCC1. The Kier molecular flexibility index (Phi) is 4.98. The van der Waals surface area contributed by atoms with Crippen LogP contribution in [-0.2, 0) is 4.74 Å². The molecule has 98 valence electrons. The van der Waals surface area contributed by atoms with Crippen molar-refractivity contribution in [2.75, 3.05) is 38.6 Å². The highest BCUT2D eigenvalue weighted by Crippen LogP contribution is 2.19. The molecule has 1 aliphatic rings. The first kappa shape index (κ1) is 13.3. The fourth-order valence-electron chi connectivity index (χ4n) is 1.79. The van der Waals surface area contributed by atoms with E-state index in [4.69, 9.17) is 10.5 Å². The van der Waals surface area contributed by atoms with Crippen LogP contribution in [0.5, 0.6) is 0 Å². The number of ether oxygens (including phenoxy) is 1. The molecule has 1 aliphatic heterocycles. The van der Waals surface area contributed by atoms with Crippen molar-refractivity contribution in [2.24, 2.45) is 5.73 Å². The Morgan fingerprint density at radius 1 is 1.50 bits per heavy atom. The van der Waals surface area contributed by atoms with Gasteiger partial charge in [0.15, 0.2) is 0 Å². The van der Waals surface area contributed by atoms with E-state index in [0.29, 0.717) is 5.56 Å². The van der Waals surface area contributed by atoms with E-state index in [-0.39, 0.29) is 0 Å². The second-order valence-corrected chi connectivity index (χ2v) is 5.11. The molecule has 0 atom stereocenters. The van der Waals surface area contributed by atoms with E-state index in [9.17, 15) is 4.79 Å². The van der Waals surface area contributed by atoms with E-state index in [2.05, 4.69) is 9.88 Å². The lowest BCUT2D eigenvalue weighted by Gasteiger charge is -2.26. The molecule has 18 heavy (non-hydrogen) atoms. The summed E-state index contributed by atoms with van der Waals surface area (Å²) in [4.78, 5) is 17.8. The van der Waals surface area contributed by atoms with Gasteiger partial charge >= 0.3 is 0 Å². The average Bonchev–Trinajstić information content (AvgIpc) is 2.40. The molecule has 5 nitrogen and oxygen atoms in total. The fourth-order valence-corrected chi connectivity index (χ4v) is 2.79. The minimum absolute atomic E-state index is 0.419. The fraction of sp³-hybridized carbons (Fsp3) is 0.500. The average molecular weight is 267 g/mol. The van der Waals surface area contributed by atoms with Gasteiger partial charge in [-0.1, -0.05) is 0 Å². The summed E-state index contributed by atoms with van der Waals surface area (Å²) in [5, 5.41) is 0.721. The van der Waals surface area contributed by atoms with Crippen LogP contribution < -0.4 is 5.73 Å². The molecule has 0 unspecified atom stereocenters. The van der Waals surface area contributed by atoms with E-state index in [1.165, 1.54) is 0 Å². The van der Waals surface area contributed by atoms with Gasteiger partial charge in [0.25, 0.3) is 5.91 Å². The minimum atomic E-state index is -0.419. The predicted molar refractivity (Wildman–Crippen MR) is 70.7 cm³/mol. The summed E-state index contributed by atoms with van der Waals surface area (Å²) in [6, 6.07) is 3.44. The van der Waals surface area contributed by atoms with Gasteiger partial charge in [-0.05, 0) is 12.1 Å². The van der Waals surface area contributed by atoms with Crippen LogP contribution >= 0.6 is 11.8 Å². The maximum Gasteiger partial charge on any atom is 0.251 e. The molecule has 1 fully saturated rings. The van der Waals surface area contributed by atoms with Crippen molar-refractivity contribution in [2.45, 2.75) is 5.03 Å². The molecule has 1 saturated heterocycles. The van der Waals surface area contributed by atoms with Crippen LogP contribution in [0.1, 0.15) is 10.4 Å². The van der Waals surface area contributed by atoms with Crippen molar-refractivity contribution in [3.63, 3.8) is 0 Å². The Morgan fingerprint density at radius 3 is 3.00 bits per heavy atom. The van der Waals surface area contributed by atoms with Crippen molar-refractivity contribution < 1.29 is 9.53 Å². The number of pyridine rings is 1. The standard InChI is InChI=1S/C12H17N3O2S/c13-11(16)10-2-1-3-14-12(10)18-9-6-15-4-7-17-8-5-15/h1-3H,4-9H2,(H2,13,16). The van der Waals surface area contributed by atoms with Gasteiger partial charge in [-0.3, -0.25) is 9.69 Å². The number of primary amides is 1. The van der Waals surface area contributed by atoms with Crippen molar-refractivity contribution in [1.29, 1.82) is 0 Å². The third-order valence-electron chi connectivity index (χ3n) is 2.79. The highest BCUT2D eigenvalue weighted by Gasteiger charge is 2.12. The maximum absolute atomic E-state index is 11.2. The summed E-state index contributed by atoms with van der Waals surface area (Å²) in [7, 11) is 0. The molecule has 2 heterocycles. The van der Waals surface area contributed by atoms with E-state index in [1.54, 1.807) is 30.1 Å². The van der Waals surface area contributed by atoms with Crippen LogP contribution in [0.4, 0.5) is 0 Å². The van der Waals surface area contributed by atoms with Gasteiger partial charge in [0.2, 0.25) is 0 Å². The molecular weight excluding hydrogens is 250 g/mol. The lowest BCUT2D eigenvalue weighted by atomic mass is 10.3. The molecule has 0 bridgehead atoms. The van der Waals surface area contributed by atoms with Crippen molar-refractivity contribution in [1.82, 2.24) is 9.88 Å². The monoisotopic (exact) mass is 267 g/mol. The third kappa shape index (κ3) is 3.69. The Hall–Kier alpha value is -1.11. The summed E-state index contributed by atoms with van der Waals surface area (Å²) < 4.78 is 5.29. The first-order valence-corrected chi connectivity index (χ1v) is 6.93. The molecule has 2 rings (SSSR count). The molecule has 2 N–H and O–H groups in total. The molecule has 6 heteroatoms. The Morgan fingerprint density at radius 2 is 2.28 bits per heavy atom. The largest absolute Gasteiger partial charge is 0.379 e. The lowest BCUT2D eigenvalue weighted by Crippen LogP contribution is -2.37. The number of rotatable bonds is 5. The first-order chi connectivity index (χ1) is 8.77. The minimum Gasteiger partial charge on any atom is -0.379 e. The molecule has 0 spiro atoms. The van der Waals surface area contributed by atoms with Gasteiger partial charge in [-0.25, -0.2) is 4.98 Å². The van der Waals surface area contributed by atoms with Gasteiger partial charge in [0.1, 0.15) is 5.03 Å². The summed E-state index contributed by atoms with van der Waals surface area (Å²) in [5.41, 5.74) is 5.81. The maximum atomic E-state index is 11.2. The van der Waals surface area contributed by atoms with Crippen LogP contribution in [-0.4, -0.2) is 54.4 Å². The molecule has 0 aliphatic carbocycles. The molecule has 0 saturated carbocycles. The number of morpholine rings is 1. The number of nitrogens with zero attached hydrogens (tertiary/aromatic N) is 2. The molecular formula is C12H17N3O2S. The topological polar surface area (TPSA) is 68.5 Å². The van der Waals surface area contributed by atoms with Crippen LogP contribution in [0.2, 0.25) is 0 Å². The van der Waals surface area contributed by atoms with E-state index in [0.717, 1.165) is 43.6 Å². The van der Waals surface area contributed by atoms with Gasteiger partial charge in [0, 0.05) is 31.6 Å². The number of nitrogens with two attached hydrogens (primary N) is 1.